The molecule has 6 N–H and O–H groups in total. The highest BCUT2D eigenvalue weighted by atomic mass is 16.7. The molecule has 0 aromatic heterocycles. The summed E-state index contributed by atoms with van der Waals surface area (Å²) in [6, 6.07) is -0.714. The maximum absolute atomic E-state index is 13.1. The Labute approximate surface area is 459 Å². The van der Waals surface area contributed by atoms with E-state index in [1.54, 1.807) is 0 Å². The van der Waals surface area contributed by atoms with Gasteiger partial charge in [0.25, 0.3) is 0 Å². The van der Waals surface area contributed by atoms with Gasteiger partial charge in [0.1, 0.15) is 24.4 Å². The molecule has 7 atom stereocenters. The third-order valence-electron chi connectivity index (χ3n) is 16.5. The summed E-state index contributed by atoms with van der Waals surface area (Å²) in [6.07, 6.45) is 61.7. The lowest BCUT2D eigenvalue weighted by Gasteiger charge is -2.40. The van der Waals surface area contributed by atoms with Crippen LogP contribution in [-0.2, 0) is 14.3 Å². The first-order valence-corrected chi connectivity index (χ1v) is 33.2. The normalized spacial score (nSPS) is 18.8. The Kier molecular flexibility index (Phi) is 53.4. The monoisotopic (exact) mass is 1050 g/mol. The molecule has 1 aliphatic rings. The molecule has 0 bridgehead atoms. The quantitative estimate of drug-likeness (QED) is 0.0330. The minimum atomic E-state index is -1.55. The predicted molar refractivity (Wildman–Crippen MR) is 314 cm³/mol. The highest BCUT2D eigenvalue weighted by Gasteiger charge is 2.44. The predicted octanol–water partition coefficient (Wildman–Crippen LogP) is 17.4. The standard InChI is InChI=1S/C65H129NO8/c1-3-5-7-9-11-13-15-17-19-21-22-23-24-25-26-27-28-29-30-31-32-33-34-35-36-37-39-41-43-45-47-49-51-53-55-61(69)66-58(57-73-65-64(72)63(71)62(70)60(56-67)74-65)59(68)54-52-50-48-46-44-42-40-38-20-18-16-14-12-10-8-6-4-2/h58-60,62-65,67-68,70-72H,3-57H2,1-2H3,(H,66,69)/t58-,59+,60+,62-,63?,64?,65+/m0/s1. The molecule has 0 aromatic rings. The largest absolute Gasteiger partial charge is 0.394 e. The number of aliphatic hydroxyl groups is 5. The Morgan fingerprint density at radius 3 is 0.959 bits per heavy atom. The third-order valence-corrected chi connectivity index (χ3v) is 16.5. The number of carbonyl (C=O) groups is 1. The molecule has 0 radical (unpaired) electrons. The van der Waals surface area contributed by atoms with E-state index in [0.29, 0.717) is 12.8 Å². The van der Waals surface area contributed by atoms with Gasteiger partial charge in [-0.2, -0.15) is 0 Å². The number of carbonyl (C=O) groups excluding carboxylic acids is 1. The van der Waals surface area contributed by atoms with Gasteiger partial charge in [0.05, 0.1) is 25.4 Å². The highest BCUT2D eigenvalue weighted by molar-refractivity contribution is 5.76. The van der Waals surface area contributed by atoms with Gasteiger partial charge < -0.3 is 40.3 Å². The molecule has 74 heavy (non-hydrogen) atoms. The number of nitrogens with one attached hydrogen (secondary N) is 1. The molecule has 0 spiro atoms. The van der Waals surface area contributed by atoms with Crippen LogP contribution in [0.4, 0.5) is 0 Å². The summed E-state index contributed by atoms with van der Waals surface area (Å²) in [7, 11) is 0. The molecule has 1 fully saturated rings. The lowest BCUT2D eigenvalue weighted by atomic mass is 9.99. The van der Waals surface area contributed by atoms with Crippen molar-refractivity contribution in [2.45, 2.75) is 397 Å². The minimum absolute atomic E-state index is 0.131. The van der Waals surface area contributed by atoms with Crippen LogP contribution in [0.15, 0.2) is 0 Å². The van der Waals surface area contributed by atoms with Crippen molar-refractivity contribution in [1.29, 1.82) is 0 Å². The second-order valence-electron chi connectivity index (χ2n) is 23.6. The lowest BCUT2D eigenvalue weighted by molar-refractivity contribution is -0.302. The number of amides is 1. The number of aliphatic hydroxyl groups excluding tert-OH is 5. The molecule has 1 aliphatic heterocycles. The Hall–Kier alpha value is -0.810. The maximum Gasteiger partial charge on any atom is 0.220 e. The first-order valence-electron chi connectivity index (χ1n) is 33.2. The summed E-state index contributed by atoms with van der Waals surface area (Å²) in [5.74, 6) is -0.134. The zero-order valence-corrected chi connectivity index (χ0v) is 49.4. The Bertz CT molecular complexity index is 1130. The van der Waals surface area contributed by atoms with E-state index in [4.69, 9.17) is 9.47 Å². The van der Waals surface area contributed by atoms with Gasteiger partial charge in [-0.15, -0.1) is 0 Å². The summed E-state index contributed by atoms with van der Waals surface area (Å²) in [4.78, 5) is 13.1. The number of rotatable bonds is 59. The molecule has 0 aliphatic carbocycles. The summed E-state index contributed by atoms with van der Waals surface area (Å²) in [5.41, 5.74) is 0. The zero-order chi connectivity index (χ0) is 53.6. The molecule has 1 amide bonds. The van der Waals surface area contributed by atoms with E-state index < -0.39 is 49.5 Å². The molecule has 0 saturated carbocycles. The van der Waals surface area contributed by atoms with E-state index in [9.17, 15) is 30.3 Å². The van der Waals surface area contributed by atoms with Crippen molar-refractivity contribution in [3.63, 3.8) is 0 Å². The molecule has 1 heterocycles. The van der Waals surface area contributed by atoms with Gasteiger partial charge in [0.2, 0.25) is 5.91 Å². The average molecular weight is 1050 g/mol. The van der Waals surface area contributed by atoms with Crippen LogP contribution >= 0.6 is 0 Å². The van der Waals surface area contributed by atoms with Gasteiger partial charge >= 0.3 is 0 Å². The number of unbranched alkanes of at least 4 members (excludes halogenated alkanes) is 49. The first-order chi connectivity index (χ1) is 36.3. The minimum Gasteiger partial charge on any atom is -0.394 e. The molecule has 9 heteroatoms. The molecule has 442 valence electrons. The zero-order valence-electron chi connectivity index (χ0n) is 49.4. The van der Waals surface area contributed by atoms with E-state index in [-0.39, 0.29) is 12.5 Å². The lowest BCUT2D eigenvalue weighted by Crippen LogP contribution is -2.60. The van der Waals surface area contributed by atoms with Crippen LogP contribution in [-0.4, -0.2) is 87.5 Å². The van der Waals surface area contributed by atoms with Crippen LogP contribution < -0.4 is 5.32 Å². The molecular formula is C65H129NO8. The van der Waals surface area contributed by atoms with E-state index >= 15 is 0 Å². The van der Waals surface area contributed by atoms with Crippen LogP contribution in [0, 0.1) is 0 Å². The van der Waals surface area contributed by atoms with Crippen molar-refractivity contribution >= 4 is 5.91 Å². The maximum atomic E-state index is 13.1. The van der Waals surface area contributed by atoms with Crippen LogP contribution in [0.5, 0.6) is 0 Å². The van der Waals surface area contributed by atoms with Gasteiger partial charge in [0, 0.05) is 6.42 Å². The fraction of sp³-hybridized carbons (Fsp3) is 0.985. The molecule has 2 unspecified atom stereocenters. The van der Waals surface area contributed by atoms with Crippen molar-refractivity contribution in [3.8, 4) is 0 Å². The first kappa shape index (κ1) is 71.2. The molecule has 9 nitrogen and oxygen atoms in total. The number of hydrogen-bond acceptors (Lipinski definition) is 8. The summed E-state index contributed by atoms with van der Waals surface area (Å²) in [5, 5.41) is 54.8. The fourth-order valence-corrected chi connectivity index (χ4v) is 11.2. The van der Waals surface area contributed by atoms with Crippen molar-refractivity contribution in [1.82, 2.24) is 5.32 Å². The molecular weight excluding hydrogens is 923 g/mol. The van der Waals surface area contributed by atoms with Crippen LogP contribution in [0.1, 0.15) is 354 Å². The number of ether oxygens (including phenoxy) is 2. The van der Waals surface area contributed by atoms with Crippen LogP contribution in [0.2, 0.25) is 0 Å². The topological polar surface area (TPSA) is 149 Å². The molecule has 0 aromatic carbocycles. The van der Waals surface area contributed by atoms with Gasteiger partial charge in [-0.1, -0.05) is 335 Å². The number of hydrogen-bond donors (Lipinski definition) is 6. The van der Waals surface area contributed by atoms with Crippen molar-refractivity contribution in [2.75, 3.05) is 13.2 Å². The Balaban J connectivity index is 2.06. The van der Waals surface area contributed by atoms with Crippen LogP contribution in [0.25, 0.3) is 0 Å². The third kappa shape index (κ3) is 44.1. The SMILES string of the molecule is CCCCCCCCCCCCCCCCCCCCCCCCCCCCCCCCCCCCC(=O)N[C@@H](CO[C@@H]1O[C@H](CO)[C@H](O)C(O)C1O)[C@H](O)CCCCCCCCCCCCCCCCCCC. The molecule has 1 rings (SSSR count). The van der Waals surface area contributed by atoms with Gasteiger partial charge in [-0.3, -0.25) is 4.79 Å². The fourth-order valence-electron chi connectivity index (χ4n) is 11.2. The average Bonchev–Trinajstić information content (AvgIpc) is 3.40. The van der Waals surface area contributed by atoms with E-state index in [1.165, 1.54) is 289 Å². The van der Waals surface area contributed by atoms with Gasteiger partial charge in [0.15, 0.2) is 6.29 Å². The van der Waals surface area contributed by atoms with Gasteiger partial charge in [-0.25, -0.2) is 0 Å². The van der Waals surface area contributed by atoms with E-state index in [2.05, 4.69) is 19.2 Å². The van der Waals surface area contributed by atoms with Crippen LogP contribution in [0.3, 0.4) is 0 Å². The molecule has 1 saturated heterocycles. The Morgan fingerprint density at radius 1 is 0.405 bits per heavy atom. The van der Waals surface area contributed by atoms with Crippen molar-refractivity contribution in [2.24, 2.45) is 0 Å². The van der Waals surface area contributed by atoms with Gasteiger partial charge in [-0.05, 0) is 12.8 Å². The Morgan fingerprint density at radius 2 is 0.676 bits per heavy atom. The summed E-state index contributed by atoms with van der Waals surface area (Å²) < 4.78 is 11.3. The highest BCUT2D eigenvalue weighted by Crippen LogP contribution is 2.24. The van der Waals surface area contributed by atoms with E-state index in [0.717, 1.165) is 38.5 Å². The van der Waals surface area contributed by atoms with Crippen molar-refractivity contribution < 1.29 is 39.8 Å². The van der Waals surface area contributed by atoms with Crippen molar-refractivity contribution in [3.05, 3.63) is 0 Å². The summed E-state index contributed by atoms with van der Waals surface area (Å²) in [6.45, 7) is 3.90. The second kappa shape index (κ2) is 55.5. The second-order valence-corrected chi connectivity index (χ2v) is 23.6. The van der Waals surface area contributed by atoms with E-state index in [1.807, 2.05) is 0 Å². The smallest absolute Gasteiger partial charge is 0.220 e. The summed E-state index contributed by atoms with van der Waals surface area (Å²) >= 11 is 0.